The van der Waals surface area contributed by atoms with Crippen molar-refractivity contribution in [3.05, 3.63) is 58.5 Å². The van der Waals surface area contributed by atoms with Crippen LogP contribution < -0.4 is 15.8 Å². The molecule has 6 rings (SSSR count). The molecule has 4 N–H and O–H groups in total. The van der Waals surface area contributed by atoms with E-state index in [0.29, 0.717) is 23.7 Å². The molecule has 2 atom stereocenters. The minimum absolute atomic E-state index is 0.0196. The minimum atomic E-state index is -0.0979. The number of aliphatic hydroxyl groups excluding tert-OH is 1. The smallest absolute Gasteiger partial charge is 0.165 e. The molecule has 0 saturated carbocycles. The first-order valence-electron chi connectivity index (χ1n) is 12.8. The highest BCUT2D eigenvalue weighted by Gasteiger charge is 2.46. The number of hydrogen-bond acceptors (Lipinski definition) is 7. The Balaban J connectivity index is 1.40. The molecule has 2 unspecified atom stereocenters. The average molecular weight is 564 g/mol. The van der Waals surface area contributed by atoms with Crippen molar-refractivity contribution in [1.29, 1.82) is 0 Å². The van der Waals surface area contributed by atoms with Gasteiger partial charge in [0, 0.05) is 45.9 Å². The molecule has 0 radical (unpaired) electrons. The molecule has 9 heteroatoms. The van der Waals surface area contributed by atoms with Gasteiger partial charge in [-0.15, -0.1) is 0 Å². The number of nitrogen functional groups attached to an aromatic ring is 1. The van der Waals surface area contributed by atoms with Crippen LogP contribution in [0, 0.1) is 0 Å². The number of nitrogens with zero attached hydrogens (tertiary/aromatic N) is 4. The van der Waals surface area contributed by atoms with Crippen LogP contribution in [0.15, 0.2) is 47.2 Å². The molecule has 2 fully saturated rings. The van der Waals surface area contributed by atoms with E-state index in [-0.39, 0.29) is 12.0 Å². The molecule has 8 nitrogen and oxygen atoms in total. The Kier molecular flexibility index (Phi) is 6.17. The third kappa shape index (κ3) is 4.00. The molecule has 192 valence electrons. The van der Waals surface area contributed by atoms with Crippen LogP contribution in [-0.4, -0.2) is 43.9 Å². The van der Waals surface area contributed by atoms with E-state index in [2.05, 4.69) is 33.3 Å². The monoisotopic (exact) mass is 562 g/mol. The van der Waals surface area contributed by atoms with Gasteiger partial charge in [0.15, 0.2) is 5.65 Å². The summed E-state index contributed by atoms with van der Waals surface area (Å²) in [5, 5.41) is 18.0. The number of aromatic nitrogens is 4. The largest absolute Gasteiger partial charge is 0.496 e. The highest BCUT2D eigenvalue weighted by Crippen LogP contribution is 2.47. The van der Waals surface area contributed by atoms with E-state index in [1.807, 2.05) is 42.7 Å². The van der Waals surface area contributed by atoms with Crippen LogP contribution in [0.4, 0.5) is 5.82 Å². The maximum atomic E-state index is 9.68. The number of fused-ring (bicyclic) bond motifs is 3. The summed E-state index contributed by atoms with van der Waals surface area (Å²) in [6.07, 6.45) is 9.26. The number of rotatable bonds is 6. The maximum absolute atomic E-state index is 9.68. The molecule has 37 heavy (non-hydrogen) atoms. The Hall–Kier alpha value is -3.01. The highest BCUT2D eigenvalue weighted by molar-refractivity contribution is 9.10. The summed E-state index contributed by atoms with van der Waals surface area (Å²) in [5.74, 6) is 1.23. The van der Waals surface area contributed by atoms with Gasteiger partial charge in [0.1, 0.15) is 11.6 Å². The quantitative estimate of drug-likeness (QED) is 0.307. The average Bonchev–Trinajstić information content (AvgIpc) is 3.52. The first kappa shape index (κ1) is 24.3. The van der Waals surface area contributed by atoms with Gasteiger partial charge in [0.2, 0.25) is 0 Å². The molecule has 5 heterocycles. The van der Waals surface area contributed by atoms with Gasteiger partial charge in [-0.1, -0.05) is 13.0 Å². The zero-order valence-corrected chi connectivity index (χ0v) is 22.6. The number of nitrogens with two attached hydrogens (primary N) is 1. The standard InChI is InChI=1S/C28H31BrN6O2/c1-3-28(11-19-6-7-20(12-28)33-19)25-24(29)26(30)35-27(34-25)21(14-32-35)17-4-8-22(31-13-17)16-5-9-23(37-2)18(10-16)15-36/h4-5,8-10,13-14,19-20,33,36H,3,6-7,11-12,15,30H2,1-2H3. The minimum Gasteiger partial charge on any atom is -0.496 e. The van der Waals surface area contributed by atoms with Gasteiger partial charge in [0.25, 0.3) is 0 Å². The fourth-order valence-electron chi connectivity index (χ4n) is 6.24. The second-order valence-electron chi connectivity index (χ2n) is 10.3. The molecule has 2 aliphatic heterocycles. The van der Waals surface area contributed by atoms with Crippen LogP contribution in [0.3, 0.4) is 0 Å². The molecule has 4 aromatic rings. The van der Waals surface area contributed by atoms with E-state index >= 15 is 0 Å². The van der Waals surface area contributed by atoms with Gasteiger partial charge in [-0.3, -0.25) is 4.98 Å². The molecule has 2 aliphatic rings. The van der Waals surface area contributed by atoms with Gasteiger partial charge >= 0.3 is 0 Å². The Labute approximate surface area is 224 Å². The predicted molar refractivity (Wildman–Crippen MR) is 147 cm³/mol. The van der Waals surface area contributed by atoms with Crippen LogP contribution in [0.5, 0.6) is 5.75 Å². The molecule has 2 bridgehead atoms. The van der Waals surface area contributed by atoms with Crippen LogP contribution in [0.1, 0.15) is 50.3 Å². The lowest BCUT2D eigenvalue weighted by Crippen LogP contribution is -2.47. The number of nitrogens with one attached hydrogen (secondary N) is 1. The third-order valence-corrected chi connectivity index (χ3v) is 9.01. The Morgan fingerprint density at radius 1 is 1.16 bits per heavy atom. The first-order chi connectivity index (χ1) is 18.0. The van der Waals surface area contributed by atoms with Crippen molar-refractivity contribution in [2.24, 2.45) is 0 Å². The van der Waals surface area contributed by atoms with Gasteiger partial charge in [-0.05, 0) is 72.3 Å². The summed E-state index contributed by atoms with van der Waals surface area (Å²) in [4.78, 5) is 9.95. The zero-order valence-electron chi connectivity index (χ0n) is 21.0. The molecule has 0 aliphatic carbocycles. The molecular formula is C28H31BrN6O2. The van der Waals surface area contributed by atoms with Gasteiger partial charge in [0.05, 0.1) is 35.8 Å². The van der Waals surface area contributed by atoms with Crippen molar-refractivity contribution in [2.45, 2.75) is 63.1 Å². The lowest BCUT2D eigenvalue weighted by atomic mass is 9.71. The topological polar surface area (TPSA) is 111 Å². The van der Waals surface area contributed by atoms with Crippen molar-refractivity contribution in [3.8, 4) is 28.1 Å². The molecule has 0 amide bonds. The van der Waals surface area contributed by atoms with Gasteiger partial charge in [-0.25, -0.2) is 4.98 Å². The van der Waals surface area contributed by atoms with Crippen LogP contribution in [-0.2, 0) is 12.0 Å². The van der Waals surface area contributed by atoms with E-state index < -0.39 is 0 Å². The highest BCUT2D eigenvalue weighted by atomic mass is 79.9. The summed E-state index contributed by atoms with van der Waals surface area (Å²) in [7, 11) is 1.60. The number of aliphatic hydroxyl groups is 1. The summed E-state index contributed by atoms with van der Waals surface area (Å²) < 4.78 is 7.89. The molecule has 0 spiro atoms. The molecular weight excluding hydrogens is 532 g/mol. The number of pyridine rings is 1. The molecule has 2 saturated heterocycles. The van der Waals surface area contributed by atoms with E-state index in [1.54, 1.807) is 11.6 Å². The van der Waals surface area contributed by atoms with E-state index in [9.17, 15) is 5.11 Å². The Morgan fingerprint density at radius 2 is 1.92 bits per heavy atom. The fourth-order valence-corrected chi connectivity index (χ4v) is 6.91. The van der Waals surface area contributed by atoms with Gasteiger partial charge < -0.3 is 20.9 Å². The van der Waals surface area contributed by atoms with Gasteiger partial charge in [-0.2, -0.15) is 9.61 Å². The number of ether oxygens (including phenoxy) is 1. The SMILES string of the molecule is CCC1(c2nc3c(-c4ccc(-c5ccc(OC)c(CO)c5)nc4)cnn3c(N)c2Br)CC2CCC(C1)N2. The second kappa shape index (κ2) is 9.38. The predicted octanol–water partition coefficient (Wildman–Crippen LogP) is 4.87. The van der Waals surface area contributed by atoms with Crippen molar-refractivity contribution in [2.75, 3.05) is 12.8 Å². The van der Waals surface area contributed by atoms with Crippen molar-refractivity contribution >= 4 is 27.4 Å². The summed E-state index contributed by atoms with van der Waals surface area (Å²) in [6, 6.07) is 10.8. The number of anilines is 1. The van der Waals surface area contributed by atoms with Crippen LogP contribution >= 0.6 is 15.9 Å². The lowest BCUT2D eigenvalue weighted by Gasteiger charge is -2.41. The number of halogens is 1. The van der Waals surface area contributed by atoms with Crippen molar-refractivity contribution < 1.29 is 9.84 Å². The van der Waals surface area contributed by atoms with Crippen molar-refractivity contribution in [3.63, 3.8) is 0 Å². The third-order valence-electron chi connectivity index (χ3n) is 8.23. The zero-order chi connectivity index (χ0) is 25.7. The second-order valence-corrected chi connectivity index (χ2v) is 11.0. The fraction of sp³-hybridized carbons (Fsp3) is 0.393. The van der Waals surface area contributed by atoms with Crippen LogP contribution in [0.25, 0.3) is 28.0 Å². The van der Waals surface area contributed by atoms with E-state index in [4.69, 9.17) is 20.4 Å². The van der Waals surface area contributed by atoms with Crippen LogP contribution in [0.2, 0.25) is 0 Å². The first-order valence-corrected chi connectivity index (χ1v) is 13.6. The number of benzene rings is 1. The number of methoxy groups -OCH3 is 1. The molecule has 1 aromatic carbocycles. The van der Waals surface area contributed by atoms with Crippen molar-refractivity contribution in [1.82, 2.24) is 24.9 Å². The summed E-state index contributed by atoms with van der Waals surface area (Å²) in [6.45, 7) is 2.17. The van der Waals surface area contributed by atoms with E-state index in [0.717, 1.165) is 63.0 Å². The maximum Gasteiger partial charge on any atom is 0.165 e. The Morgan fingerprint density at radius 3 is 2.57 bits per heavy atom. The lowest BCUT2D eigenvalue weighted by molar-refractivity contribution is 0.234. The summed E-state index contributed by atoms with van der Waals surface area (Å²) >= 11 is 3.79. The van der Waals surface area contributed by atoms with E-state index in [1.165, 1.54) is 12.8 Å². The number of piperidine rings is 1. The normalized spacial score (nSPS) is 23.0. The molecule has 3 aromatic heterocycles. The number of hydrogen-bond donors (Lipinski definition) is 3. The summed E-state index contributed by atoms with van der Waals surface area (Å²) in [5.41, 5.74) is 12.7. The Bertz CT molecular complexity index is 1460.